The zero-order valence-corrected chi connectivity index (χ0v) is 20.7. The molecule has 0 saturated heterocycles. The van der Waals surface area contributed by atoms with Crippen molar-refractivity contribution in [1.29, 1.82) is 0 Å². The van der Waals surface area contributed by atoms with Gasteiger partial charge in [-0.2, -0.15) is 0 Å². The minimum Gasteiger partial charge on any atom is -0.321 e. The average molecular weight is 491 g/mol. The Kier molecular flexibility index (Phi) is 6.92. The SMILES string of the molecule is CCc1cccc(C)c1NC(=O)c1c(-c2ccccc2Cl)n(-c2cccc(Cl)c2)c(C)cc1=O. The standard InChI is InChI=1S/C28H24Cl2N2O2/c1-4-19-10-7-9-17(2)26(19)31-28(34)25-24(33)15-18(3)32(21-12-8-11-20(29)16-21)27(25)22-13-5-6-14-23(22)30/h5-16H,4H2,1-3H3,(H,31,34). The molecule has 172 valence electrons. The number of hydrogen-bond acceptors (Lipinski definition) is 2. The van der Waals surface area contributed by atoms with Crippen LogP contribution in [0.1, 0.15) is 34.1 Å². The minimum absolute atomic E-state index is 0.0176. The normalized spacial score (nSPS) is 10.9. The molecule has 3 aromatic carbocycles. The number of rotatable bonds is 5. The maximum atomic E-state index is 13.7. The lowest BCUT2D eigenvalue weighted by Crippen LogP contribution is -2.27. The van der Waals surface area contributed by atoms with Gasteiger partial charge in [0.05, 0.1) is 5.69 Å². The van der Waals surface area contributed by atoms with Gasteiger partial charge in [0.15, 0.2) is 5.43 Å². The first kappa shape index (κ1) is 23.8. The van der Waals surface area contributed by atoms with Gasteiger partial charge in [0, 0.05) is 38.7 Å². The van der Waals surface area contributed by atoms with Gasteiger partial charge in [-0.3, -0.25) is 9.59 Å². The molecule has 0 fully saturated rings. The highest BCUT2D eigenvalue weighted by Crippen LogP contribution is 2.33. The molecule has 34 heavy (non-hydrogen) atoms. The van der Waals surface area contributed by atoms with E-state index in [0.717, 1.165) is 28.9 Å². The van der Waals surface area contributed by atoms with Crippen molar-refractivity contribution in [3.8, 4) is 16.9 Å². The lowest BCUT2D eigenvalue weighted by Gasteiger charge is -2.22. The van der Waals surface area contributed by atoms with Crippen LogP contribution in [-0.2, 0) is 6.42 Å². The summed E-state index contributed by atoms with van der Waals surface area (Å²) in [5, 5.41) is 3.98. The summed E-state index contributed by atoms with van der Waals surface area (Å²) in [6, 6.07) is 21.8. The number of aryl methyl sites for hydroxylation is 3. The Hall–Kier alpha value is -3.34. The van der Waals surface area contributed by atoms with E-state index >= 15 is 0 Å². The van der Waals surface area contributed by atoms with Crippen LogP contribution in [0.2, 0.25) is 10.0 Å². The Bertz CT molecular complexity index is 1460. The third-order valence-electron chi connectivity index (χ3n) is 5.80. The van der Waals surface area contributed by atoms with Gasteiger partial charge in [0.2, 0.25) is 0 Å². The number of benzene rings is 3. The number of nitrogens with zero attached hydrogens (tertiary/aromatic N) is 1. The number of nitrogens with one attached hydrogen (secondary N) is 1. The second kappa shape index (κ2) is 9.88. The Morgan fingerprint density at radius 1 is 0.941 bits per heavy atom. The summed E-state index contributed by atoms with van der Waals surface area (Å²) < 4.78 is 1.85. The van der Waals surface area contributed by atoms with Crippen LogP contribution in [0.5, 0.6) is 0 Å². The molecule has 4 rings (SSSR count). The van der Waals surface area contributed by atoms with Crippen molar-refractivity contribution in [3.05, 3.63) is 115 Å². The highest BCUT2D eigenvalue weighted by molar-refractivity contribution is 6.33. The van der Waals surface area contributed by atoms with Crippen LogP contribution in [-0.4, -0.2) is 10.5 Å². The largest absolute Gasteiger partial charge is 0.321 e. The zero-order valence-electron chi connectivity index (χ0n) is 19.2. The fourth-order valence-corrected chi connectivity index (χ4v) is 4.59. The first-order chi connectivity index (χ1) is 16.3. The molecule has 4 aromatic rings. The number of carbonyl (C=O) groups excluding carboxylic acids is 1. The Morgan fingerprint density at radius 3 is 2.38 bits per heavy atom. The molecule has 1 N–H and O–H groups in total. The number of pyridine rings is 1. The van der Waals surface area contributed by atoms with E-state index in [1.807, 2.05) is 67.8 Å². The molecule has 4 nitrogen and oxygen atoms in total. The molecule has 1 aromatic heterocycles. The maximum absolute atomic E-state index is 13.7. The van der Waals surface area contributed by atoms with Crippen LogP contribution in [0, 0.1) is 13.8 Å². The van der Waals surface area contributed by atoms with E-state index in [4.69, 9.17) is 23.2 Å². The van der Waals surface area contributed by atoms with E-state index in [2.05, 4.69) is 5.32 Å². The Labute approximate surface area is 208 Å². The van der Waals surface area contributed by atoms with Gasteiger partial charge >= 0.3 is 0 Å². The Morgan fingerprint density at radius 2 is 1.68 bits per heavy atom. The van der Waals surface area contributed by atoms with Gasteiger partial charge in [-0.05, 0) is 55.7 Å². The second-order valence-corrected chi connectivity index (χ2v) is 8.93. The summed E-state index contributed by atoms with van der Waals surface area (Å²) in [7, 11) is 0. The summed E-state index contributed by atoms with van der Waals surface area (Å²) in [5.74, 6) is -0.486. The summed E-state index contributed by atoms with van der Waals surface area (Å²) in [6.45, 7) is 5.78. The highest BCUT2D eigenvalue weighted by Gasteiger charge is 2.25. The van der Waals surface area contributed by atoms with E-state index in [0.29, 0.717) is 27.0 Å². The molecule has 6 heteroatoms. The van der Waals surface area contributed by atoms with Crippen LogP contribution in [0.25, 0.3) is 16.9 Å². The second-order valence-electron chi connectivity index (χ2n) is 8.09. The van der Waals surface area contributed by atoms with Crippen molar-refractivity contribution >= 4 is 34.8 Å². The van der Waals surface area contributed by atoms with Crippen LogP contribution >= 0.6 is 23.2 Å². The van der Waals surface area contributed by atoms with Crippen LogP contribution < -0.4 is 10.7 Å². The first-order valence-corrected chi connectivity index (χ1v) is 11.7. The number of carbonyl (C=O) groups is 1. The first-order valence-electron chi connectivity index (χ1n) is 11.0. The van der Waals surface area contributed by atoms with Gasteiger partial charge in [0.1, 0.15) is 5.56 Å². The molecule has 0 aliphatic carbocycles. The molecular weight excluding hydrogens is 467 g/mol. The topological polar surface area (TPSA) is 51.1 Å². The summed E-state index contributed by atoms with van der Waals surface area (Å²) in [5.41, 5.74) is 4.65. The highest BCUT2D eigenvalue weighted by atomic mass is 35.5. The lowest BCUT2D eigenvalue weighted by molar-refractivity contribution is 0.102. The van der Waals surface area contributed by atoms with E-state index in [1.54, 1.807) is 24.3 Å². The van der Waals surface area contributed by atoms with Gasteiger partial charge in [-0.25, -0.2) is 0 Å². The Balaban J connectivity index is 2.02. The fraction of sp³-hybridized carbons (Fsp3) is 0.143. The van der Waals surface area contributed by atoms with Gasteiger partial charge in [-0.1, -0.05) is 72.6 Å². The molecule has 0 bridgehead atoms. The minimum atomic E-state index is -0.486. The fourth-order valence-electron chi connectivity index (χ4n) is 4.19. The van der Waals surface area contributed by atoms with Crippen molar-refractivity contribution in [2.45, 2.75) is 27.2 Å². The number of para-hydroxylation sites is 1. The van der Waals surface area contributed by atoms with E-state index in [1.165, 1.54) is 6.07 Å². The third-order valence-corrected chi connectivity index (χ3v) is 6.37. The zero-order chi connectivity index (χ0) is 24.4. The maximum Gasteiger partial charge on any atom is 0.261 e. The van der Waals surface area contributed by atoms with Gasteiger partial charge in [0.25, 0.3) is 5.91 Å². The molecular formula is C28H24Cl2N2O2. The van der Waals surface area contributed by atoms with E-state index in [-0.39, 0.29) is 11.0 Å². The summed E-state index contributed by atoms with van der Waals surface area (Å²) in [4.78, 5) is 27.1. The molecule has 0 saturated carbocycles. The molecule has 0 aliphatic heterocycles. The van der Waals surface area contributed by atoms with Crippen molar-refractivity contribution < 1.29 is 4.79 Å². The monoisotopic (exact) mass is 490 g/mol. The quantitative estimate of drug-likeness (QED) is 0.320. The molecule has 1 amide bonds. The van der Waals surface area contributed by atoms with Crippen LogP contribution in [0.4, 0.5) is 5.69 Å². The number of amides is 1. The van der Waals surface area contributed by atoms with Crippen LogP contribution in [0.15, 0.2) is 77.6 Å². The smallest absolute Gasteiger partial charge is 0.261 e. The van der Waals surface area contributed by atoms with Crippen molar-refractivity contribution in [2.24, 2.45) is 0 Å². The number of aromatic nitrogens is 1. The number of hydrogen-bond donors (Lipinski definition) is 1. The summed E-state index contributed by atoms with van der Waals surface area (Å²) in [6.07, 6.45) is 0.745. The average Bonchev–Trinajstić information content (AvgIpc) is 2.80. The van der Waals surface area contributed by atoms with Gasteiger partial charge < -0.3 is 9.88 Å². The molecule has 0 radical (unpaired) electrons. The predicted molar refractivity (Wildman–Crippen MR) is 141 cm³/mol. The van der Waals surface area contributed by atoms with Crippen molar-refractivity contribution in [1.82, 2.24) is 4.57 Å². The molecule has 0 atom stereocenters. The van der Waals surface area contributed by atoms with Crippen molar-refractivity contribution in [2.75, 3.05) is 5.32 Å². The summed E-state index contributed by atoms with van der Waals surface area (Å²) >= 11 is 12.9. The van der Waals surface area contributed by atoms with E-state index in [9.17, 15) is 9.59 Å². The number of anilines is 1. The lowest BCUT2D eigenvalue weighted by atomic mass is 10.0. The molecule has 1 heterocycles. The van der Waals surface area contributed by atoms with Gasteiger partial charge in [-0.15, -0.1) is 0 Å². The molecule has 0 spiro atoms. The third kappa shape index (κ3) is 4.52. The predicted octanol–water partition coefficient (Wildman–Crippen LogP) is 7.24. The van der Waals surface area contributed by atoms with Crippen molar-refractivity contribution in [3.63, 3.8) is 0 Å². The molecule has 0 unspecified atom stereocenters. The number of halogens is 2. The van der Waals surface area contributed by atoms with Crippen LogP contribution in [0.3, 0.4) is 0 Å². The molecule has 0 aliphatic rings. The van der Waals surface area contributed by atoms with E-state index < -0.39 is 5.91 Å².